The molecule has 0 bridgehead atoms. The van der Waals surface area contributed by atoms with E-state index in [2.05, 4.69) is 17.6 Å². The van der Waals surface area contributed by atoms with Crippen LogP contribution >= 0.6 is 0 Å². The van der Waals surface area contributed by atoms with Gasteiger partial charge in [-0.3, -0.25) is 9.59 Å². The van der Waals surface area contributed by atoms with E-state index in [0.717, 1.165) is 38.8 Å². The lowest BCUT2D eigenvalue weighted by molar-refractivity contribution is -0.146. The van der Waals surface area contributed by atoms with E-state index in [1.165, 1.54) is 12.8 Å². The minimum atomic E-state index is -0.411. The zero-order valence-corrected chi connectivity index (χ0v) is 12.5. The Morgan fingerprint density at radius 2 is 1.85 bits per heavy atom. The molecule has 5 nitrogen and oxygen atoms in total. The van der Waals surface area contributed by atoms with Crippen molar-refractivity contribution in [1.82, 2.24) is 15.5 Å². The van der Waals surface area contributed by atoms with Crippen molar-refractivity contribution in [2.24, 2.45) is 5.92 Å². The van der Waals surface area contributed by atoms with Crippen LogP contribution < -0.4 is 10.6 Å². The molecule has 0 aromatic rings. The first kappa shape index (κ1) is 15.3. The van der Waals surface area contributed by atoms with E-state index < -0.39 is 5.91 Å². The summed E-state index contributed by atoms with van der Waals surface area (Å²) < 4.78 is 0. The highest BCUT2D eigenvalue weighted by Gasteiger charge is 2.27. The molecule has 2 aliphatic rings. The first-order chi connectivity index (χ1) is 9.68. The van der Waals surface area contributed by atoms with Gasteiger partial charge in [0.1, 0.15) is 0 Å². The van der Waals surface area contributed by atoms with Gasteiger partial charge in [0, 0.05) is 25.7 Å². The molecule has 2 N–H and O–H groups in total. The highest BCUT2D eigenvalue weighted by atomic mass is 16.2. The molecule has 0 aromatic carbocycles. The summed E-state index contributed by atoms with van der Waals surface area (Å²) in [6.07, 6.45) is 6.69. The summed E-state index contributed by atoms with van der Waals surface area (Å²) in [5.41, 5.74) is 0. The third kappa shape index (κ3) is 4.20. The zero-order chi connectivity index (χ0) is 14.4. The Morgan fingerprint density at radius 3 is 2.70 bits per heavy atom. The lowest BCUT2D eigenvalue weighted by Gasteiger charge is -2.25. The van der Waals surface area contributed by atoms with Gasteiger partial charge in [-0.05, 0) is 31.7 Å². The minimum absolute atomic E-state index is 0.166. The Kier molecular flexibility index (Phi) is 5.83. The van der Waals surface area contributed by atoms with E-state index >= 15 is 0 Å². The van der Waals surface area contributed by atoms with Gasteiger partial charge in [-0.15, -0.1) is 0 Å². The van der Waals surface area contributed by atoms with Crippen molar-refractivity contribution in [3.05, 3.63) is 0 Å². The van der Waals surface area contributed by atoms with Crippen molar-refractivity contribution >= 4 is 11.8 Å². The maximum absolute atomic E-state index is 12.2. The fourth-order valence-corrected chi connectivity index (χ4v) is 3.13. The van der Waals surface area contributed by atoms with Crippen molar-refractivity contribution in [1.29, 1.82) is 0 Å². The highest BCUT2D eigenvalue weighted by molar-refractivity contribution is 6.35. The topological polar surface area (TPSA) is 61.4 Å². The number of amides is 2. The highest BCUT2D eigenvalue weighted by Crippen LogP contribution is 2.22. The van der Waals surface area contributed by atoms with Crippen molar-refractivity contribution in [3.63, 3.8) is 0 Å². The van der Waals surface area contributed by atoms with E-state index in [-0.39, 0.29) is 11.9 Å². The van der Waals surface area contributed by atoms with Crippen LogP contribution in [-0.4, -0.2) is 48.9 Å². The summed E-state index contributed by atoms with van der Waals surface area (Å²) in [6, 6.07) is 0.166. The lowest BCUT2D eigenvalue weighted by Crippen LogP contribution is -2.48. The van der Waals surface area contributed by atoms with E-state index in [1.54, 1.807) is 4.90 Å². The maximum atomic E-state index is 12.2. The number of carbonyl (C=O) groups excluding carboxylic acids is 2. The van der Waals surface area contributed by atoms with Crippen LogP contribution in [0.3, 0.4) is 0 Å². The standard InChI is InChI=1S/C15H27N3O2/c1-12-6-3-2-4-7-13(12)17-14(19)15(20)18-10-5-8-16-9-11-18/h12-13,16H,2-11H2,1H3,(H,17,19). The summed E-state index contributed by atoms with van der Waals surface area (Å²) in [6.45, 7) is 5.19. The van der Waals surface area contributed by atoms with Gasteiger partial charge in [0.05, 0.1) is 0 Å². The molecule has 1 saturated heterocycles. The minimum Gasteiger partial charge on any atom is -0.345 e. The number of hydrogen-bond donors (Lipinski definition) is 2. The lowest BCUT2D eigenvalue weighted by atomic mass is 9.97. The van der Waals surface area contributed by atoms with Gasteiger partial charge < -0.3 is 15.5 Å². The number of hydrogen-bond acceptors (Lipinski definition) is 3. The number of nitrogens with zero attached hydrogens (tertiary/aromatic N) is 1. The van der Waals surface area contributed by atoms with Gasteiger partial charge in [0.15, 0.2) is 0 Å². The number of rotatable bonds is 1. The van der Waals surface area contributed by atoms with Crippen LogP contribution in [0.25, 0.3) is 0 Å². The molecule has 2 amide bonds. The molecule has 2 atom stereocenters. The summed E-state index contributed by atoms with van der Waals surface area (Å²) >= 11 is 0. The van der Waals surface area contributed by atoms with Gasteiger partial charge in [0.2, 0.25) is 0 Å². The van der Waals surface area contributed by atoms with Crippen LogP contribution in [0.1, 0.15) is 45.4 Å². The fraction of sp³-hybridized carbons (Fsp3) is 0.867. The van der Waals surface area contributed by atoms with Crippen molar-refractivity contribution in [2.45, 2.75) is 51.5 Å². The Morgan fingerprint density at radius 1 is 1.05 bits per heavy atom. The second-order valence-electron chi connectivity index (χ2n) is 6.09. The average Bonchev–Trinajstić information content (AvgIpc) is 2.82. The van der Waals surface area contributed by atoms with E-state index in [0.29, 0.717) is 19.0 Å². The first-order valence-electron chi connectivity index (χ1n) is 7.99. The second kappa shape index (κ2) is 7.62. The zero-order valence-electron chi connectivity index (χ0n) is 12.5. The van der Waals surface area contributed by atoms with Crippen molar-refractivity contribution < 1.29 is 9.59 Å². The normalized spacial score (nSPS) is 28.4. The molecule has 5 heteroatoms. The summed E-state index contributed by atoms with van der Waals surface area (Å²) in [5, 5.41) is 6.22. The number of carbonyl (C=O) groups is 2. The molecule has 114 valence electrons. The Labute approximate surface area is 121 Å². The van der Waals surface area contributed by atoms with Crippen molar-refractivity contribution in [3.8, 4) is 0 Å². The van der Waals surface area contributed by atoms with Crippen LogP contribution in [0.2, 0.25) is 0 Å². The van der Waals surface area contributed by atoms with Crippen LogP contribution in [0.5, 0.6) is 0 Å². The Bertz CT molecular complexity index is 338. The third-order valence-electron chi connectivity index (χ3n) is 4.50. The molecule has 0 aromatic heterocycles. The fourth-order valence-electron chi connectivity index (χ4n) is 3.13. The van der Waals surface area contributed by atoms with Crippen LogP contribution in [0.4, 0.5) is 0 Å². The predicted octanol–water partition coefficient (Wildman–Crippen LogP) is 0.893. The monoisotopic (exact) mass is 281 g/mol. The van der Waals surface area contributed by atoms with Crippen LogP contribution in [0.15, 0.2) is 0 Å². The summed E-state index contributed by atoms with van der Waals surface area (Å²) in [7, 11) is 0. The average molecular weight is 281 g/mol. The van der Waals surface area contributed by atoms with Crippen LogP contribution in [0, 0.1) is 5.92 Å². The second-order valence-corrected chi connectivity index (χ2v) is 6.09. The van der Waals surface area contributed by atoms with Gasteiger partial charge in [-0.2, -0.15) is 0 Å². The molecule has 20 heavy (non-hydrogen) atoms. The molecular weight excluding hydrogens is 254 g/mol. The van der Waals surface area contributed by atoms with Crippen molar-refractivity contribution in [2.75, 3.05) is 26.2 Å². The largest absolute Gasteiger partial charge is 0.345 e. The molecular formula is C15H27N3O2. The first-order valence-corrected chi connectivity index (χ1v) is 7.99. The SMILES string of the molecule is CC1CCCCCC1NC(=O)C(=O)N1CCCNCC1. The quantitative estimate of drug-likeness (QED) is 0.554. The molecule has 2 unspecified atom stereocenters. The molecule has 1 aliphatic heterocycles. The van der Waals surface area contributed by atoms with Gasteiger partial charge in [0.25, 0.3) is 0 Å². The molecule has 1 saturated carbocycles. The summed E-state index contributed by atoms with van der Waals surface area (Å²) in [5.74, 6) is -0.296. The van der Waals surface area contributed by atoms with Crippen LogP contribution in [-0.2, 0) is 9.59 Å². The van der Waals surface area contributed by atoms with E-state index in [4.69, 9.17) is 0 Å². The smallest absolute Gasteiger partial charge is 0.311 e. The van der Waals surface area contributed by atoms with Gasteiger partial charge in [-0.25, -0.2) is 0 Å². The van der Waals surface area contributed by atoms with E-state index in [1.807, 2.05) is 0 Å². The third-order valence-corrected chi connectivity index (χ3v) is 4.50. The predicted molar refractivity (Wildman–Crippen MR) is 78.2 cm³/mol. The number of nitrogens with one attached hydrogen (secondary N) is 2. The molecule has 0 spiro atoms. The molecule has 1 heterocycles. The molecule has 2 rings (SSSR count). The van der Waals surface area contributed by atoms with Gasteiger partial charge in [-0.1, -0.05) is 26.2 Å². The van der Waals surface area contributed by atoms with Gasteiger partial charge >= 0.3 is 11.8 Å². The molecule has 0 radical (unpaired) electrons. The molecule has 2 fully saturated rings. The maximum Gasteiger partial charge on any atom is 0.311 e. The Balaban J connectivity index is 1.87. The summed E-state index contributed by atoms with van der Waals surface area (Å²) in [4.78, 5) is 26.0. The molecule has 1 aliphatic carbocycles. The van der Waals surface area contributed by atoms with E-state index in [9.17, 15) is 9.59 Å². The Hall–Kier alpha value is -1.10.